The van der Waals surface area contributed by atoms with Crippen molar-refractivity contribution in [2.24, 2.45) is 0 Å². The highest BCUT2D eigenvalue weighted by atomic mass is 35.5. The van der Waals surface area contributed by atoms with E-state index in [0.717, 1.165) is 12.1 Å². The summed E-state index contributed by atoms with van der Waals surface area (Å²) in [4.78, 5) is 0. The van der Waals surface area contributed by atoms with Crippen LogP contribution in [0.5, 0.6) is 0 Å². The molecule has 0 heterocycles. The van der Waals surface area contributed by atoms with E-state index >= 15 is 0 Å². The smallest absolute Gasteiger partial charge is 0.0598 e. The molecular weight excluding hydrogens is 265 g/mol. The normalized spacial score (nSPS) is 10.7. The molecular formula is C15H15Cl2N. The first-order valence-electron chi connectivity index (χ1n) is 5.81. The Bertz CT molecular complexity index is 564. The summed E-state index contributed by atoms with van der Waals surface area (Å²) in [5.74, 6) is 0. The third-order valence-electron chi connectivity index (χ3n) is 2.90. The largest absolute Gasteiger partial charge is 0.316 e. The minimum atomic E-state index is 0.588. The van der Waals surface area contributed by atoms with Crippen LogP contribution in [0.1, 0.15) is 11.1 Å². The number of hydrogen-bond acceptors (Lipinski definition) is 1. The summed E-state index contributed by atoms with van der Waals surface area (Å²) in [6, 6.07) is 12.2. The molecule has 0 aliphatic heterocycles. The minimum absolute atomic E-state index is 0.588. The monoisotopic (exact) mass is 279 g/mol. The van der Waals surface area contributed by atoms with Crippen LogP contribution < -0.4 is 5.32 Å². The van der Waals surface area contributed by atoms with Crippen LogP contribution in [-0.2, 0) is 6.54 Å². The molecule has 0 aliphatic rings. The molecule has 1 nitrogen and oxygen atoms in total. The van der Waals surface area contributed by atoms with Crippen molar-refractivity contribution in [3.05, 3.63) is 57.6 Å². The van der Waals surface area contributed by atoms with E-state index < -0.39 is 0 Å². The second-order valence-electron chi connectivity index (χ2n) is 4.31. The van der Waals surface area contributed by atoms with Crippen molar-refractivity contribution in [1.82, 2.24) is 5.32 Å². The highest BCUT2D eigenvalue weighted by molar-refractivity contribution is 6.42. The first-order chi connectivity index (χ1) is 8.61. The van der Waals surface area contributed by atoms with E-state index in [9.17, 15) is 0 Å². The van der Waals surface area contributed by atoms with Crippen LogP contribution in [0.3, 0.4) is 0 Å². The number of nitrogens with one attached hydrogen (secondary N) is 1. The lowest BCUT2D eigenvalue weighted by Gasteiger charge is -2.09. The van der Waals surface area contributed by atoms with Crippen molar-refractivity contribution >= 4 is 23.2 Å². The van der Waals surface area contributed by atoms with Gasteiger partial charge >= 0.3 is 0 Å². The first-order valence-corrected chi connectivity index (χ1v) is 6.57. The summed E-state index contributed by atoms with van der Waals surface area (Å²) in [6.07, 6.45) is 0. The molecule has 0 saturated carbocycles. The van der Waals surface area contributed by atoms with Gasteiger partial charge in [-0.15, -0.1) is 0 Å². The molecule has 94 valence electrons. The van der Waals surface area contributed by atoms with Gasteiger partial charge in [-0.2, -0.15) is 0 Å². The van der Waals surface area contributed by atoms with E-state index in [1.807, 2.05) is 25.2 Å². The maximum absolute atomic E-state index is 6.06. The Morgan fingerprint density at radius 3 is 2.39 bits per heavy atom. The average molecular weight is 280 g/mol. The number of benzene rings is 2. The Morgan fingerprint density at radius 2 is 1.78 bits per heavy atom. The Hall–Kier alpha value is -1.02. The van der Waals surface area contributed by atoms with Crippen LogP contribution in [0.2, 0.25) is 10.0 Å². The van der Waals surface area contributed by atoms with Gasteiger partial charge in [0.15, 0.2) is 0 Å². The van der Waals surface area contributed by atoms with Gasteiger partial charge in [0.1, 0.15) is 0 Å². The second kappa shape index (κ2) is 5.75. The van der Waals surface area contributed by atoms with E-state index in [2.05, 4.69) is 30.4 Å². The average Bonchev–Trinajstić information content (AvgIpc) is 2.34. The van der Waals surface area contributed by atoms with Gasteiger partial charge in [0.2, 0.25) is 0 Å². The van der Waals surface area contributed by atoms with E-state index in [0.29, 0.717) is 10.0 Å². The van der Waals surface area contributed by atoms with Gasteiger partial charge in [-0.25, -0.2) is 0 Å². The van der Waals surface area contributed by atoms with Gasteiger partial charge in [0, 0.05) is 6.54 Å². The third-order valence-corrected chi connectivity index (χ3v) is 3.64. The fourth-order valence-electron chi connectivity index (χ4n) is 2.03. The molecule has 0 aromatic heterocycles. The molecule has 3 heteroatoms. The number of halogens is 2. The van der Waals surface area contributed by atoms with Crippen molar-refractivity contribution in [3.8, 4) is 11.1 Å². The quantitative estimate of drug-likeness (QED) is 0.860. The molecule has 0 unspecified atom stereocenters. The zero-order valence-corrected chi connectivity index (χ0v) is 11.9. The minimum Gasteiger partial charge on any atom is -0.316 e. The predicted molar refractivity (Wildman–Crippen MR) is 79.4 cm³/mol. The van der Waals surface area contributed by atoms with Crippen LogP contribution in [-0.4, -0.2) is 7.05 Å². The van der Waals surface area contributed by atoms with Crippen LogP contribution in [0.25, 0.3) is 11.1 Å². The SMILES string of the molecule is CNCc1ccc(-c2ccc(Cl)c(Cl)c2)c(C)c1. The molecule has 18 heavy (non-hydrogen) atoms. The maximum Gasteiger partial charge on any atom is 0.0598 e. The van der Waals surface area contributed by atoms with E-state index in [1.54, 1.807) is 0 Å². The summed E-state index contributed by atoms with van der Waals surface area (Å²) in [6.45, 7) is 2.99. The topological polar surface area (TPSA) is 12.0 Å². The second-order valence-corrected chi connectivity index (χ2v) is 5.12. The van der Waals surface area contributed by atoms with Crippen molar-refractivity contribution in [3.63, 3.8) is 0 Å². The van der Waals surface area contributed by atoms with Crippen LogP contribution >= 0.6 is 23.2 Å². The molecule has 0 fully saturated rings. The molecule has 1 N–H and O–H groups in total. The lowest BCUT2D eigenvalue weighted by molar-refractivity contribution is 0.817. The summed E-state index contributed by atoms with van der Waals surface area (Å²) in [5.41, 5.74) is 4.80. The van der Waals surface area contributed by atoms with Gasteiger partial charge in [-0.3, -0.25) is 0 Å². The molecule has 0 bridgehead atoms. The number of aryl methyl sites for hydroxylation is 1. The molecule has 0 saturated heterocycles. The molecule has 2 rings (SSSR count). The lowest BCUT2D eigenvalue weighted by Crippen LogP contribution is -2.05. The van der Waals surface area contributed by atoms with Crippen LogP contribution in [0.15, 0.2) is 36.4 Å². The Labute approximate surface area is 118 Å². The van der Waals surface area contributed by atoms with Gasteiger partial charge in [0.05, 0.1) is 10.0 Å². The van der Waals surface area contributed by atoms with Crippen molar-refractivity contribution in [1.29, 1.82) is 0 Å². The summed E-state index contributed by atoms with van der Waals surface area (Å²) in [7, 11) is 1.95. The predicted octanol–water partition coefficient (Wildman–Crippen LogP) is 4.69. The first kappa shape index (κ1) is 13.4. The third kappa shape index (κ3) is 2.86. The summed E-state index contributed by atoms with van der Waals surface area (Å²) in [5, 5.41) is 4.33. The van der Waals surface area contributed by atoms with E-state index in [4.69, 9.17) is 23.2 Å². The zero-order valence-electron chi connectivity index (χ0n) is 10.4. The van der Waals surface area contributed by atoms with Gasteiger partial charge in [-0.05, 0) is 48.4 Å². The Balaban J connectivity index is 2.41. The lowest BCUT2D eigenvalue weighted by atomic mass is 9.98. The van der Waals surface area contributed by atoms with Crippen molar-refractivity contribution in [2.45, 2.75) is 13.5 Å². The van der Waals surface area contributed by atoms with Gasteiger partial charge in [0.25, 0.3) is 0 Å². The molecule has 2 aromatic rings. The van der Waals surface area contributed by atoms with Crippen molar-refractivity contribution in [2.75, 3.05) is 7.05 Å². The fourth-order valence-corrected chi connectivity index (χ4v) is 2.33. The number of hydrogen-bond donors (Lipinski definition) is 1. The highest BCUT2D eigenvalue weighted by Crippen LogP contribution is 2.30. The number of rotatable bonds is 3. The maximum atomic E-state index is 6.06. The molecule has 0 amide bonds. The summed E-state index contributed by atoms with van der Waals surface area (Å²) < 4.78 is 0. The molecule has 0 aliphatic carbocycles. The highest BCUT2D eigenvalue weighted by Gasteiger charge is 2.05. The standard InChI is InChI=1S/C15H15Cl2N/c1-10-7-11(9-18-2)3-5-13(10)12-4-6-14(16)15(17)8-12/h3-8,18H,9H2,1-2H3. The van der Waals surface area contributed by atoms with Crippen LogP contribution in [0, 0.1) is 6.92 Å². The van der Waals surface area contributed by atoms with Crippen molar-refractivity contribution < 1.29 is 0 Å². The van der Waals surface area contributed by atoms with E-state index in [-0.39, 0.29) is 0 Å². The van der Waals surface area contributed by atoms with Gasteiger partial charge in [-0.1, -0.05) is 47.5 Å². The zero-order chi connectivity index (χ0) is 13.1. The van der Waals surface area contributed by atoms with Crippen LogP contribution in [0.4, 0.5) is 0 Å². The van der Waals surface area contributed by atoms with Gasteiger partial charge < -0.3 is 5.32 Å². The molecule has 0 radical (unpaired) electrons. The summed E-state index contributed by atoms with van der Waals surface area (Å²) >= 11 is 12.0. The molecule has 0 atom stereocenters. The Kier molecular flexibility index (Phi) is 4.28. The molecule has 2 aromatic carbocycles. The van der Waals surface area contributed by atoms with E-state index in [1.165, 1.54) is 16.7 Å². The Morgan fingerprint density at radius 1 is 1.00 bits per heavy atom. The fraction of sp³-hybridized carbons (Fsp3) is 0.200. The molecule has 0 spiro atoms.